The van der Waals surface area contributed by atoms with Gasteiger partial charge in [-0.25, -0.2) is 0 Å². The summed E-state index contributed by atoms with van der Waals surface area (Å²) in [4.78, 5) is 2.40. The lowest BCUT2D eigenvalue weighted by molar-refractivity contribution is -0.0514. The van der Waals surface area contributed by atoms with Gasteiger partial charge in [-0.05, 0) is 49.3 Å². The summed E-state index contributed by atoms with van der Waals surface area (Å²) in [7, 11) is 0. The number of nitrogens with zero attached hydrogens (tertiary/aromatic N) is 1. The van der Waals surface area contributed by atoms with E-state index in [0.717, 1.165) is 31.6 Å². The molecule has 0 spiro atoms. The van der Waals surface area contributed by atoms with Crippen LogP contribution >= 0.6 is 12.4 Å². The molecule has 3 unspecified atom stereocenters. The Bertz CT molecular complexity index is 547. The van der Waals surface area contributed by atoms with E-state index in [1.54, 1.807) is 12.1 Å². The standard InChI is InChI=1S/C17H24F2N2O2.ClH/c1-2-22-16-7-11(3-6-15(16)23-17(18)19)8-21-9-12-4-5-14(20)13(12)10-21;/h3,6-7,12-14,17H,2,4-5,8-10,20H2,1H3;1H. The van der Waals surface area contributed by atoms with Crippen LogP contribution in [-0.2, 0) is 6.54 Å². The van der Waals surface area contributed by atoms with E-state index < -0.39 is 6.61 Å². The van der Waals surface area contributed by atoms with Crippen molar-refractivity contribution in [2.45, 2.75) is 39.0 Å². The predicted molar refractivity (Wildman–Crippen MR) is 91.0 cm³/mol. The van der Waals surface area contributed by atoms with Gasteiger partial charge in [-0.15, -0.1) is 12.4 Å². The van der Waals surface area contributed by atoms with Crippen molar-refractivity contribution >= 4 is 12.4 Å². The van der Waals surface area contributed by atoms with Gasteiger partial charge >= 0.3 is 6.61 Å². The molecule has 1 aromatic rings. The molecule has 1 heterocycles. The number of nitrogens with two attached hydrogens (primary N) is 1. The molecular formula is C17H25ClF2N2O2. The lowest BCUT2D eigenvalue weighted by Crippen LogP contribution is -2.30. The molecule has 2 aliphatic rings. The van der Waals surface area contributed by atoms with E-state index in [4.69, 9.17) is 10.5 Å². The Hall–Kier alpha value is -1.11. The average molecular weight is 363 g/mol. The SMILES string of the molecule is CCOc1cc(CN2CC3CCC(N)C3C2)ccc1OC(F)F.Cl. The number of ether oxygens (including phenoxy) is 2. The third-order valence-corrected chi connectivity index (χ3v) is 4.92. The van der Waals surface area contributed by atoms with Crippen molar-refractivity contribution < 1.29 is 18.3 Å². The number of likely N-dealkylation sites (tertiary alicyclic amines) is 1. The first-order chi connectivity index (χ1) is 11.1. The molecule has 4 nitrogen and oxygen atoms in total. The van der Waals surface area contributed by atoms with Crippen LogP contribution < -0.4 is 15.2 Å². The van der Waals surface area contributed by atoms with E-state index in [0.29, 0.717) is 30.2 Å². The number of hydrogen-bond donors (Lipinski definition) is 1. The zero-order valence-electron chi connectivity index (χ0n) is 13.8. The number of alkyl halides is 2. The fourth-order valence-electron chi connectivity index (χ4n) is 3.90. The van der Waals surface area contributed by atoms with Crippen LogP contribution in [0.25, 0.3) is 0 Å². The average Bonchev–Trinajstić information content (AvgIpc) is 3.04. The molecule has 3 atom stereocenters. The lowest BCUT2D eigenvalue weighted by Gasteiger charge is -2.19. The Balaban J connectivity index is 0.00000208. The highest BCUT2D eigenvalue weighted by Gasteiger charge is 2.40. The Labute approximate surface area is 147 Å². The van der Waals surface area contributed by atoms with Gasteiger partial charge in [0.1, 0.15) is 0 Å². The predicted octanol–water partition coefficient (Wildman–Crippen LogP) is 3.28. The molecule has 0 radical (unpaired) electrons. The van der Waals surface area contributed by atoms with E-state index >= 15 is 0 Å². The molecule has 7 heteroatoms. The monoisotopic (exact) mass is 362 g/mol. The Morgan fingerprint density at radius 3 is 2.71 bits per heavy atom. The summed E-state index contributed by atoms with van der Waals surface area (Å²) in [6, 6.07) is 5.52. The first-order valence-electron chi connectivity index (χ1n) is 8.25. The summed E-state index contributed by atoms with van der Waals surface area (Å²) < 4.78 is 34.8. The molecule has 3 rings (SSSR count). The van der Waals surface area contributed by atoms with E-state index in [-0.39, 0.29) is 18.2 Å². The molecule has 2 fully saturated rings. The molecule has 1 aliphatic heterocycles. The van der Waals surface area contributed by atoms with Crippen LogP contribution in [0.3, 0.4) is 0 Å². The van der Waals surface area contributed by atoms with Crippen molar-refractivity contribution in [3.63, 3.8) is 0 Å². The molecule has 0 bridgehead atoms. The molecule has 1 aliphatic carbocycles. The summed E-state index contributed by atoms with van der Waals surface area (Å²) in [5.41, 5.74) is 7.22. The highest BCUT2D eigenvalue weighted by molar-refractivity contribution is 5.85. The Morgan fingerprint density at radius 2 is 2.04 bits per heavy atom. The maximum atomic E-state index is 12.4. The van der Waals surface area contributed by atoms with Crippen molar-refractivity contribution in [3.05, 3.63) is 23.8 Å². The van der Waals surface area contributed by atoms with Crippen LogP contribution in [0.2, 0.25) is 0 Å². The molecular weight excluding hydrogens is 338 g/mol. The lowest BCUT2D eigenvalue weighted by atomic mass is 9.98. The number of fused-ring (bicyclic) bond motifs is 1. The molecule has 1 saturated carbocycles. The largest absolute Gasteiger partial charge is 0.490 e. The number of halogens is 3. The summed E-state index contributed by atoms with van der Waals surface area (Å²) >= 11 is 0. The van der Waals surface area contributed by atoms with Crippen LogP contribution in [0.15, 0.2) is 18.2 Å². The van der Waals surface area contributed by atoms with E-state index in [1.807, 2.05) is 13.0 Å². The number of hydrogen-bond acceptors (Lipinski definition) is 4. The highest BCUT2D eigenvalue weighted by Crippen LogP contribution is 2.38. The zero-order chi connectivity index (χ0) is 16.4. The van der Waals surface area contributed by atoms with E-state index in [9.17, 15) is 8.78 Å². The Kier molecular flexibility index (Phi) is 6.66. The normalized spacial score (nSPS) is 26.3. The van der Waals surface area contributed by atoms with Gasteiger partial charge in [0, 0.05) is 25.7 Å². The second-order valence-corrected chi connectivity index (χ2v) is 6.45. The van der Waals surface area contributed by atoms with Crippen LogP contribution in [0.4, 0.5) is 8.78 Å². The Morgan fingerprint density at radius 1 is 1.25 bits per heavy atom. The highest BCUT2D eigenvalue weighted by atomic mass is 35.5. The van der Waals surface area contributed by atoms with Crippen molar-refractivity contribution in [1.82, 2.24) is 4.90 Å². The third-order valence-electron chi connectivity index (χ3n) is 4.92. The number of benzene rings is 1. The van der Waals surface area contributed by atoms with Crippen molar-refractivity contribution in [1.29, 1.82) is 0 Å². The quantitative estimate of drug-likeness (QED) is 0.843. The summed E-state index contributed by atoms with van der Waals surface area (Å²) in [6.07, 6.45) is 2.35. The summed E-state index contributed by atoms with van der Waals surface area (Å²) in [6.45, 7) is 2.25. The van der Waals surface area contributed by atoms with Crippen molar-refractivity contribution in [2.75, 3.05) is 19.7 Å². The minimum absolute atomic E-state index is 0. The summed E-state index contributed by atoms with van der Waals surface area (Å²) in [5, 5.41) is 0. The molecule has 24 heavy (non-hydrogen) atoms. The topological polar surface area (TPSA) is 47.7 Å². The molecule has 1 aromatic carbocycles. The first kappa shape index (κ1) is 19.2. The maximum Gasteiger partial charge on any atom is 0.387 e. The van der Waals surface area contributed by atoms with Crippen LogP contribution in [0.1, 0.15) is 25.3 Å². The third kappa shape index (κ3) is 4.29. The van der Waals surface area contributed by atoms with Gasteiger partial charge in [-0.2, -0.15) is 8.78 Å². The van der Waals surface area contributed by atoms with Crippen molar-refractivity contribution in [2.24, 2.45) is 17.6 Å². The molecule has 136 valence electrons. The molecule has 1 saturated heterocycles. The fraction of sp³-hybridized carbons (Fsp3) is 0.647. The fourth-order valence-corrected chi connectivity index (χ4v) is 3.90. The zero-order valence-corrected chi connectivity index (χ0v) is 14.6. The van der Waals surface area contributed by atoms with E-state index in [1.165, 1.54) is 6.42 Å². The first-order valence-corrected chi connectivity index (χ1v) is 8.25. The van der Waals surface area contributed by atoms with Crippen LogP contribution in [0, 0.1) is 11.8 Å². The van der Waals surface area contributed by atoms with Gasteiger partial charge in [0.25, 0.3) is 0 Å². The minimum atomic E-state index is -2.85. The van der Waals surface area contributed by atoms with Crippen molar-refractivity contribution in [3.8, 4) is 11.5 Å². The smallest absolute Gasteiger partial charge is 0.387 e. The van der Waals surface area contributed by atoms with Gasteiger partial charge in [0.15, 0.2) is 11.5 Å². The van der Waals surface area contributed by atoms with Gasteiger partial charge in [-0.1, -0.05) is 6.07 Å². The second-order valence-electron chi connectivity index (χ2n) is 6.45. The minimum Gasteiger partial charge on any atom is -0.490 e. The molecule has 0 aromatic heterocycles. The molecule has 0 amide bonds. The second kappa shape index (κ2) is 8.32. The van der Waals surface area contributed by atoms with Crippen LogP contribution in [-0.4, -0.2) is 37.2 Å². The summed E-state index contributed by atoms with van der Waals surface area (Å²) in [5.74, 6) is 1.77. The maximum absolute atomic E-state index is 12.4. The van der Waals surface area contributed by atoms with Crippen LogP contribution in [0.5, 0.6) is 11.5 Å². The van der Waals surface area contributed by atoms with Gasteiger partial charge < -0.3 is 15.2 Å². The van der Waals surface area contributed by atoms with E-state index in [2.05, 4.69) is 9.64 Å². The van der Waals surface area contributed by atoms with Gasteiger partial charge in [0.2, 0.25) is 0 Å². The number of rotatable bonds is 6. The van der Waals surface area contributed by atoms with Gasteiger partial charge in [-0.3, -0.25) is 4.90 Å². The molecule has 2 N–H and O–H groups in total. The van der Waals surface area contributed by atoms with Gasteiger partial charge in [0.05, 0.1) is 6.61 Å².